The molecule has 5 nitrogen and oxygen atoms in total. The number of hydrogen-bond acceptors (Lipinski definition) is 3. The Morgan fingerprint density at radius 3 is 2.88 bits per heavy atom. The van der Waals surface area contributed by atoms with Crippen molar-refractivity contribution in [3.05, 3.63) is 35.9 Å². The Hall–Kier alpha value is -0.860. The van der Waals surface area contributed by atoms with E-state index in [1.807, 2.05) is 7.05 Å². The highest BCUT2D eigenvalue weighted by Gasteiger charge is 2.25. The molecular weight excluding hydrogens is 441 g/mol. The number of halogens is 1. The summed E-state index contributed by atoms with van der Waals surface area (Å²) in [5.41, 5.74) is 1.43. The van der Waals surface area contributed by atoms with Crippen LogP contribution in [0.4, 0.5) is 0 Å². The molecule has 2 heterocycles. The molecule has 2 aliphatic heterocycles. The van der Waals surface area contributed by atoms with Crippen molar-refractivity contribution in [1.82, 2.24) is 10.2 Å². The molecule has 1 N–H and O–H groups in total. The Morgan fingerprint density at radius 1 is 1.31 bits per heavy atom. The van der Waals surface area contributed by atoms with E-state index in [1.54, 1.807) is 0 Å². The summed E-state index contributed by atoms with van der Waals surface area (Å²) in [6.45, 7) is 5.40. The van der Waals surface area contributed by atoms with Crippen LogP contribution in [-0.2, 0) is 9.47 Å². The lowest BCUT2D eigenvalue weighted by Crippen LogP contribution is -2.40. The standard InChI is InChI=1S/C20H31N3O2.HI/c1-21-20(22-11-6-13-24-16-19-9-5-14-25-19)23-12-10-18(15-23)17-7-3-2-4-8-17;/h2-4,7-8,18-19H,5-6,9-16H2,1H3,(H,21,22);1H. The minimum absolute atomic E-state index is 0. The van der Waals surface area contributed by atoms with Crippen LogP contribution in [0.15, 0.2) is 35.3 Å². The van der Waals surface area contributed by atoms with E-state index in [1.165, 1.54) is 18.4 Å². The Labute approximate surface area is 174 Å². The molecule has 1 aromatic rings. The Balaban J connectivity index is 0.00000243. The lowest BCUT2D eigenvalue weighted by Gasteiger charge is -2.22. The molecule has 1 aromatic carbocycles. The summed E-state index contributed by atoms with van der Waals surface area (Å²) in [4.78, 5) is 6.82. The van der Waals surface area contributed by atoms with Crippen LogP contribution in [0.1, 0.15) is 37.2 Å². The van der Waals surface area contributed by atoms with E-state index in [0.717, 1.165) is 58.3 Å². The minimum atomic E-state index is 0. The third-order valence-electron chi connectivity index (χ3n) is 5.05. The lowest BCUT2D eigenvalue weighted by molar-refractivity contribution is 0.0168. The summed E-state index contributed by atoms with van der Waals surface area (Å²) in [5, 5.41) is 3.48. The minimum Gasteiger partial charge on any atom is -0.379 e. The molecule has 2 unspecified atom stereocenters. The highest BCUT2D eigenvalue weighted by atomic mass is 127. The number of guanidine groups is 1. The molecule has 6 heteroatoms. The largest absolute Gasteiger partial charge is 0.379 e. The second kappa shape index (κ2) is 11.8. The number of ether oxygens (including phenoxy) is 2. The summed E-state index contributed by atoms with van der Waals surface area (Å²) in [7, 11) is 1.87. The molecule has 0 amide bonds. The predicted molar refractivity (Wildman–Crippen MR) is 117 cm³/mol. The highest BCUT2D eigenvalue weighted by Crippen LogP contribution is 2.26. The normalized spacial score (nSPS) is 23.1. The van der Waals surface area contributed by atoms with Crippen LogP contribution in [0.3, 0.4) is 0 Å². The number of nitrogens with zero attached hydrogens (tertiary/aromatic N) is 2. The zero-order valence-electron chi connectivity index (χ0n) is 15.7. The van der Waals surface area contributed by atoms with Gasteiger partial charge in [-0.1, -0.05) is 30.3 Å². The maximum absolute atomic E-state index is 5.71. The summed E-state index contributed by atoms with van der Waals surface area (Å²) in [6.07, 6.45) is 4.81. The monoisotopic (exact) mass is 473 g/mol. The first-order valence-electron chi connectivity index (χ1n) is 9.56. The van der Waals surface area contributed by atoms with Crippen molar-refractivity contribution in [3.8, 4) is 0 Å². The van der Waals surface area contributed by atoms with Crippen molar-refractivity contribution in [2.24, 2.45) is 4.99 Å². The van der Waals surface area contributed by atoms with Crippen LogP contribution >= 0.6 is 24.0 Å². The third kappa shape index (κ3) is 6.39. The fraction of sp³-hybridized carbons (Fsp3) is 0.650. The molecule has 2 aliphatic rings. The summed E-state index contributed by atoms with van der Waals surface area (Å²) in [6, 6.07) is 10.8. The Kier molecular flexibility index (Phi) is 9.71. The van der Waals surface area contributed by atoms with Gasteiger partial charge in [0, 0.05) is 45.8 Å². The Bertz CT molecular complexity index is 535. The van der Waals surface area contributed by atoms with Gasteiger partial charge in [-0.15, -0.1) is 24.0 Å². The molecule has 0 aliphatic carbocycles. The molecule has 0 spiro atoms. The van der Waals surface area contributed by atoms with Gasteiger partial charge in [-0.2, -0.15) is 0 Å². The maximum atomic E-state index is 5.71. The molecule has 3 rings (SSSR count). The van der Waals surface area contributed by atoms with Crippen molar-refractivity contribution >= 4 is 29.9 Å². The van der Waals surface area contributed by atoms with Crippen LogP contribution in [0.2, 0.25) is 0 Å². The third-order valence-corrected chi connectivity index (χ3v) is 5.05. The van der Waals surface area contributed by atoms with Crippen LogP contribution in [0.25, 0.3) is 0 Å². The molecular formula is C20H32IN3O2. The van der Waals surface area contributed by atoms with Gasteiger partial charge in [0.15, 0.2) is 5.96 Å². The van der Waals surface area contributed by atoms with Crippen molar-refractivity contribution in [1.29, 1.82) is 0 Å². The fourth-order valence-electron chi connectivity index (χ4n) is 3.65. The number of hydrogen-bond donors (Lipinski definition) is 1. The summed E-state index contributed by atoms with van der Waals surface area (Å²) in [5.74, 6) is 1.62. The molecule has 146 valence electrons. The maximum Gasteiger partial charge on any atom is 0.193 e. The van der Waals surface area contributed by atoms with E-state index in [9.17, 15) is 0 Å². The predicted octanol–water partition coefficient (Wildman–Crippen LogP) is 3.26. The van der Waals surface area contributed by atoms with E-state index >= 15 is 0 Å². The van der Waals surface area contributed by atoms with E-state index in [4.69, 9.17) is 9.47 Å². The number of rotatable bonds is 7. The molecule has 2 saturated heterocycles. The number of likely N-dealkylation sites (tertiary alicyclic amines) is 1. The highest BCUT2D eigenvalue weighted by molar-refractivity contribution is 14.0. The first-order valence-corrected chi connectivity index (χ1v) is 9.56. The van der Waals surface area contributed by atoms with Crippen LogP contribution in [-0.4, -0.2) is 63.5 Å². The molecule has 0 aromatic heterocycles. The fourth-order valence-corrected chi connectivity index (χ4v) is 3.65. The van der Waals surface area contributed by atoms with Gasteiger partial charge >= 0.3 is 0 Å². The van der Waals surface area contributed by atoms with Gasteiger partial charge in [-0.05, 0) is 31.2 Å². The van der Waals surface area contributed by atoms with E-state index in [-0.39, 0.29) is 24.0 Å². The smallest absolute Gasteiger partial charge is 0.193 e. The summed E-state index contributed by atoms with van der Waals surface area (Å²) >= 11 is 0. The average Bonchev–Trinajstić information content (AvgIpc) is 3.34. The SMILES string of the molecule is CN=C(NCCCOCC1CCCO1)N1CCC(c2ccccc2)C1.I. The van der Waals surface area contributed by atoms with Crippen molar-refractivity contribution in [2.75, 3.05) is 46.5 Å². The first-order chi connectivity index (χ1) is 12.4. The van der Waals surface area contributed by atoms with Crippen molar-refractivity contribution in [3.63, 3.8) is 0 Å². The van der Waals surface area contributed by atoms with E-state index < -0.39 is 0 Å². The number of nitrogens with one attached hydrogen (secondary N) is 1. The zero-order valence-corrected chi connectivity index (χ0v) is 18.1. The summed E-state index contributed by atoms with van der Waals surface area (Å²) < 4.78 is 11.3. The van der Waals surface area contributed by atoms with Crippen LogP contribution in [0.5, 0.6) is 0 Å². The molecule has 0 bridgehead atoms. The quantitative estimate of drug-likeness (QED) is 0.286. The second-order valence-corrected chi connectivity index (χ2v) is 6.88. The molecule has 2 atom stereocenters. The molecule has 0 radical (unpaired) electrons. The topological polar surface area (TPSA) is 46.1 Å². The van der Waals surface area contributed by atoms with Crippen LogP contribution in [0, 0.1) is 0 Å². The Morgan fingerprint density at radius 2 is 2.15 bits per heavy atom. The number of benzene rings is 1. The molecule has 2 fully saturated rings. The van der Waals surface area contributed by atoms with Gasteiger partial charge in [-0.25, -0.2) is 0 Å². The van der Waals surface area contributed by atoms with Gasteiger partial charge in [0.2, 0.25) is 0 Å². The average molecular weight is 473 g/mol. The first kappa shape index (κ1) is 21.4. The van der Waals surface area contributed by atoms with Crippen LogP contribution < -0.4 is 5.32 Å². The van der Waals surface area contributed by atoms with E-state index in [2.05, 4.69) is 45.5 Å². The van der Waals surface area contributed by atoms with Crippen molar-refractivity contribution in [2.45, 2.75) is 37.7 Å². The zero-order chi connectivity index (χ0) is 17.3. The van der Waals surface area contributed by atoms with Crippen molar-refractivity contribution < 1.29 is 9.47 Å². The van der Waals surface area contributed by atoms with Gasteiger partial charge in [-0.3, -0.25) is 4.99 Å². The van der Waals surface area contributed by atoms with E-state index in [0.29, 0.717) is 12.0 Å². The molecule has 0 saturated carbocycles. The van der Waals surface area contributed by atoms with Gasteiger partial charge in [0.05, 0.1) is 12.7 Å². The second-order valence-electron chi connectivity index (χ2n) is 6.88. The lowest BCUT2D eigenvalue weighted by atomic mass is 9.99. The van der Waals surface area contributed by atoms with Gasteiger partial charge in [0.25, 0.3) is 0 Å². The molecule has 26 heavy (non-hydrogen) atoms. The number of aliphatic imine (C=N–C) groups is 1. The van der Waals surface area contributed by atoms with Gasteiger partial charge in [0.1, 0.15) is 0 Å². The van der Waals surface area contributed by atoms with Gasteiger partial charge < -0.3 is 19.7 Å².